The number of aryl methyl sites for hydroxylation is 1. The average molecular weight is 239 g/mol. The average Bonchev–Trinajstić information content (AvgIpc) is 1.99. The summed E-state index contributed by atoms with van der Waals surface area (Å²) in [6, 6.07) is 0. The molecule has 0 spiro atoms. The van der Waals surface area contributed by atoms with Gasteiger partial charge in [-0.25, -0.2) is 9.97 Å². The molecule has 2 nitrogen and oxygen atoms in total. The number of halogens is 4. The van der Waals surface area contributed by atoms with Gasteiger partial charge in [-0.05, 0) is 12.8 Å². The van der Waals surface area contributed by atoms with Gasteiger partial charge < -0.3 is 0 Å². The third-order valence-corrected chi connectivity index (χ3v) is 2.21. The van der Waals surface area contributed by atoms with Gasteiger partial charge in [0.15, 0.2) is 0 Å². The zero-order valence-electron chi connectivity index (χ0n) is 8.48. The van der Waals surface area contributed by atoms with E-state index in [2.05, 4.69) is 9.97 Å². The second-order valence-corrected chi connectivity index (χ2v) is 3.85. The minimum absolute atomic E-state index is 0.000200. The molecule has 1 aromatic rings. The molecule has 0 saturated carbocycles. The molecule has 15 heavy (non-hydrogen) atoms. The Hall–Kier alpha value is -0.840. The molecule has 1 aromatic heterocycles. The Labute approximate surface area is 90.5 Å². The molecule has 0 radical (unpaired) electrons. The van der Waals surface area contributed by atoms with Gasteiger partial charge in [-0.3, -0.25) is 0 Å². The molecule has 0 fully saturated rings. The summed E-state index contributed by atoms with van der Waals surface area (Å²) >= 11 is 5.68. The van der Waals surface area contributed by atoms with E-state index in [9.17, 15) is 13.2 Å². The smallest absolute Gasteiger partial charge is 0.229 e. The second-order valence-electron chi connectivity index (χ2n) is 3.49. The zero-order valence-corrected chi connectivity index (χ0v) is 9.24. The van der Waals surface area contributed by atoms with Crippen LogP contribution in [0.5, 0.6) is 0 Å². The van der Waals surface area contributed by atoms with Crippen LogP contribution in [0.25, 0.3) is 0 Å². The molecule has 0 bridgehead atoms. The highest BCUT2D eigenvalue weighted by atomic mass is 35.5. The standard InChI is InChI=1S/C9H10ClF3N2/c1-4(2)6-5(3)14-8(9(11,12)13)15-7(6)10/h4H,1-3H3. The van der Waals surface area contributed by atoms with Crippen LogP contribution in [0, 0.1) is 6.92 Å². The quantitative estimate of drug-likeness (QED) is 0.699. The Morgan fingerprint density at radius 3 is 2.07 bits per heavy atom. The normalized spacial score (nSPS) is 12.3. The molecule has 0 atom stereocenters. The first-order valence-corrected chi connectivity index (χ1v) is 4.72. The summed E-state index contributed by atoms with van der Waals surface area (Å²) in [6.07, 6.45) is -4.55. The first-order chi connectivity index (χ1) is 6.73. The van der Waals surface area contributed by atoms with Crippen LogP contribution in [0.15, 0.2) is 0 Å². The van der Waals surface area contributed by atoms with Gasteiger partial charge >= 0.3 is 6.18 Å². The number of alkyl halides is 3. The molecule has 84 valence electrons. The SMILES string of the molecule is Cc1nc(C(F)(F)F)nc(Cl)c1C(C)C. The molecular formula is C9H10ClF3N2. The lowest BCUT2D eigenvalue weighted by atomic mass is 10.0. The molecule has 0 amide bonds. The van der Waals surface area contributed by atoms with E-state index in [0.29, 0.717) is 5.56 Å². The fraction of sp³-hybridized carbons (Fsp3) is 0.556. The molecule has 0 aliphatic carbocycles. The van der Waals surface area contributed by atoms with Gasteiger partial charge in [-0.2, -0.15) is 13.2 Å². The van der Waals surface area contributed by atoms with Crippen molar-refractivity contribution in [3.63, 3.8) is 0 Å². The van der Waals surface area contributed by atoms with Crippen molar-refractivity contribution in [3.05, 3.63) is 22.2 Å². The third kappa shape index (κ3) is 2.59. The molecule has 0 unspecified atom stereocenters. The Kier molecular flexibility index (Phi) is 3.23. The number of hydrogen-bond donors (Lipinski definition) is 0. The molecule has 0 saturated heterocycles. The van der Waals surface area contributed by atoms with Crippen molar-refractivity contribution in [2.45, 2.75) is 32.9 Å². The first-order valence-electron chi connectivity index (χ1n) is 4.34. The third-order valence-electron chi connectivity index (χ3n) is 1.92. The maximum absolute atomic E-state index is 12.3. The Morgan fingerprint density at radius 1 is 1.20 bits per heavy atom. The molecular weight excluding hydrogens is 229 g/mol. The van der Waals surface area contributed by atoms with Crippen LogP contribution in [-0.2, 0) is 6.18 Å². The van der Waals surface area contributed by atoms with E-state index >= 15 is 0 Å². The lowest BCUT2D eigenvalue weighted by molar-refractivity contribution is -0.145. The predicted molar refractivity (Wildman–Crippen MR) is 50.9 cm³/mol. The van der Waals surface area contributed by atoms with Crippen molar-refractivity contribution in [2.75, 3.05) is 0 Å². The van der Waals surface area contributed by atoms with Crippen molar-refractivity contribution in [2.24, 2.45) is 0 Å². The summed E-state index contributed by atoms with van der Waals surface area (Å²) in [5.41, 5.74) is 0.835. The predicted octanol–water partition coefficient (Wildman–Crippen LogP) is 3.58. The minimum atomic E-state index is -4.55. The van der Waals surface area contributed by atoms with Crippen molar-refractivity contribution in [1.82, 2.24) is 9.97 Å². The summed E-state index contributed by atoms with van der Waals surface area (Å²) in [4.78, 5) is 6.66. The molecule has 6 heteroatoms. The van der Waals surface area contributed by atoms with Gasteiger partial charge in [-0.15, -0.1) is 0 Å². The summed E-state index contributed by atoms with van der Waals surface area (Å²) in [5.74, 6) is -1.19. The fourth-order valence-corrected chi connectivity index (χ4v) is 1.76. The maximum Gasteiger partial charge on any atom is 0.451 e. The van der Waals surface area contributed by atoms with Gasteiger partial charge in [0.25, 0.3) is 0 Å². The van der Waals surface area contributed by atoms with Crippen LogP contribution < -0.4 is 0 Å². The summed E-state index contributed by atoms with van der Waals surface area (Å²) < 4.78 is 36.9. The lowest BCUT2D eigenvalue weighted by Crippen LogP contribution is -2.14. The highest BCUT2D eigenvalue weighted by Crippen LogP contribution is 2.31. The van der Waals surface area contributed by atoms with Gasteiger partial charge in [-0.1, -0.05) is 25.4 Å². The molecule has 0 aromatic carbocycles. The van der Waals surface area contributed by atoms with E-state index in [0.717, 1.165) is 0 Å². The van der Waals surface area contributed by atoms with Crippen LogP contribution in [0.4, 0.5) is 13.2 Å². The topological polar surface area (TPSA) is 25.8 Å². The van der Waals surface area contributed by atoms with Crippen molar-refractivity contribution < 1.29 is 13.2 Å². The number of hydrogen-bond acceptors (Lipinski definition) is 2. The van der Waals surface area contributed by atoms with Gasteiger partial charge in [0.2, 0.25) is 5.82 Å². The largest absolute Gasteiger partial charge is 0.451 e. The second kappa shape index (κ2) is 3.96. The fourth-order valence-electron chi connectivity index (χ4n) is 1.33. The van der Waals surface area contributed by atoms with Crippen LogP contribution in [-0.4, -0.2) is 9.97 Å². The number of aromatic nitrogens is 2. The van der Waals surface area contributed by atoms with E-state index in [-0.39, 0.29) is 16.8 Å². The van der Waals surface area contributed by atoms with Crippen molar-refractivity contribution >= 4 is 11.6 Å². The van der Waals surface area contributed by atoms with Gasteiger partial charge in [0, 0.05) is 11.3 Å². The van der Waals surface area contributed by atoms with E-state index in [1.165, 1.54) is 6.92 Å². The van der Waals surface area contributed by atoms with Gasteiger partial charge in [0.05, 0.1) is 0 Å². The van der Waals surface area contributed by atoms with E-state index in [4.69, 9.17) is 11.6 Å². The monoisotopic (exact) mass is 238 g/mol. The molecule has 0 aliphatic heterocycles. The van der Waals surface area contributed by atoms with Crippen LogP contribution in [0.3, 0.4) is 0 Å². The Balaban J connectivity index is 3.32. The molecule has 1 rings (SSSR count). The highest BCUT2D eigenvalue weighted by molar-refractivity contribution is 6.30. The lowest BCUT2D eigenvalue weighted by Gasteiger charge is -2.13. The highest BCUT2D eigenvalue weighted by Gasteiger charge is 2.35. The van der Waals surface area contributed by atoms with Gasteiger partial charge in [0.1, 0.15) is 5.15 Å². The Bertz CT molecular complexity index is 351. The number of rotatable bonds is 1. The van der Waals surface area contributed by atoms with Crippen LogP contribution >= 0.6 is 11.6 Å². The summed E-state index contributed by atoms with van der Waals surface area (Å²) in [5, 5.41) is -0.121. The van der Waals surface area contributed by atoms with E-state index < -0.39 is 12.0 Å². The van der Waals surface area contributed by atoms with Crippen LogP contribution in [0.1, 0.15) is 36.8 Å². The van der Waals surface area contributed by atoms with Crippen molar-refractivity contribution in [3.8, 4) is 0 Å². The summed E-state index contributed by atoms with van der Waals surface area (Å²) in [7, 11) is 0. The van der Waals surface area contributed by atoms with E-state index in [1.54, 1.807) is 0 Å². The maximum atomic E-state index is 12.3. The zero-order chi connectivity index (χ0) is 11.8. The molecule has 1 heterocycles. The van der Waals surface area contributed by atoms with Crippen molar-refractivity contribution in [1.29, 1.82) is 0 Å². The van der Waals surface area contributed by atoms with Crippen LogP contribution in [0.2, 0.25) is 5.15 Å². The molecule has 0 aliphatic rings. The number of nitrogens with zero attached hydrogens (tertiary/aromatic N) is 2. The minimum Gasteiger partial charge on any atom is -0.229 e. The molecule has 0 N–H and O–H groups in total. The first kappa shape index (κ1) is 12.2. The Morgan fingerprint density at radius 2 is 1.73 bits per heavy atom. The summed E-state index contributed by atoms with van der Waals surface area (Å²) in [6.45, 7) is 5.15. The van der Waals surface area contributed by atoms with E-state index in [1.807, 2.05) is 13.8 Å².